The van der Waals surface area contributed by atoms with Crippen molar-refractivity contribution in [3.63, 3.8) is 0 Å². The fourth-order valence-corrected chi connectivity index (χ4v) is 3.37. The smallest absolute Gasteiger partial charge is 0.234 e. The molecule has 18 heavy (non-hydrogen) atoms. The third kappa shape index (κ3) is 1.92. The molecule has 2 heterocycles. The molecular formula is C11H17N5OS. The SMILES string of the molecule is CC(O)C(N)c1nn2c(C3CCCC3)nnc2s1. The van der Waals surface area contributed by atoms with Crippen molar-refractivity contribution in [3.8, 4) is 0 Å². The van der Waals surface area contributed by atoms with Gasteiger partial charge in [0.2, 0.25) is 4.96 Å². The van der Waals surface area contributed by atoms with Crippen LogP contribution in [0.5, 0.6) is 0 Å². The van der Waals surface area contributed by atoms with E-state index in [4.69, 9.17) is 5.73 Å². The molecule has 2 unspecified atom stereocenters. The Morgan fingerprint density at radius 3 is 2.78 bits per heavy atom. The zero-order chi connectivity index (χ0) is 12.7. The molecule has 1 aliphatic carbocycles. The Hall–Kier alpha value is -1.05. The number of hydrogen-bond donors (Lipinski definition) is 2. The number of aliphatic hydroxyl groups excluding tert-OH is 1. The van der Waals surface area contributed by atoms with Crippen molar-refractivity contribution in [1.29, 1.82) is 0 Å². The van der Waals surface area contributed by atoms with E-state index in [-0.39, 0.29) is 0 Å². The molecule has 1 aliphatic rings. The van der Waals surface area contributed by atoms with Crippen LogP contribution < -0.4 is 5.73 Å². The van der Waals surface area contributed by atoms with Crippen LogP contribution in [0.25, 0.3) is 4.96 Å². The summed E-state index contributed by atoms with van der Waals surface area (Å²) in [6.07, 6.45) is 4.23. The van der Waals surface area contributed by atoms with E-state index in [1.807, 2.05) is 0 Å². The number of nitrogens with zero attached hydrogens (tertiary/aromatic N) is 4. The Bertz CT molecular complexity index is 543. The van der Waals surface area contributed by atoms with E-state index in [0.29, 0.717) is 10.9 Å². The van der Waals surface area contributed by atoms with Gasteiger partial charge in [-0.1, -0.05) is 24.2 Å². The van der Waals surface area contributed by atoms with Gasteiger partial charge >= 0.3 is 0 Å². The first-order valence-electron chi connectivity index (χ1n) is 6.32. The molecule has 6 nitrogen and oxygen atoms in total. The van der Waals surface area contributed by atoms with Crippen molar-refractivity contribution in [2.24, 2.45) is 5.73 Å². The van der Waals surface area contributed by atoms with Crippen LogP contribution in [-0.2, 0) is 0 Å². The first-order valence-corrected chi connectivity index (χ1v) is 7.14. The molecule has 2 aromatic rings. The molecular weight excluding hydrogens is 250 g/mol. The lowest BCUT2D eigenvalue weighted by molar-refractivity contribution is 0.163. The third-order valence-electron chi connectivity index (χ3n) is 3.56. The van der Waals surface area contributed by atoms with Crippen LogP contribution in [0.2, 0.25) is 0 Å². The topological polar surface area (TPSA) is 89.3 Å². The minimum Gasteiger partial charge on any atom is -0.391 e. The standard InChI is InChI=1S/C11H17N5OS/c1-6(17)8(12)10-15-16-9(7-4-2-3-5-7)13-14-11(16)18-10/h6-8,17H,2-5,12H2,1H3. The summed E-state index contributed by atoms with van der Waals surface area (Å²) in [5, 5.41) is 23.1. The summed E-state index contributed by atoms with van der Waals surface area (Å²) in [7, 11) is 0. The van der Waals surface area contributed by atoms with Gasteiger partial charge in [0.15, 0.2) is 5.82 Å². The normalized spacial score (nSPS) is 20.6. The van der Waals surface area contributed by atoms with Gasteiger partial charge in [-0.2, -0.15) is 9.61 Å². The zero-order valence-electron chi connectivity index (χ0n) is 10.3. The highest BCUT2D eigenvalue weighted by Crippen LogP contribution is 2.34. The molecule has 7 heteroatoms. The highest BCUT2D eigenvalue weighted by atomic mass is 32.1. The van der Waals surface area contributed by atoms with E-state index in [9.17, 15) is 5.11 Å². The fraction of sp³-hybridized carbons (Fsp3) is 0.727. The van der Waals surface area contributed by atoms with Gasteiger partial charge in [0.25, 0.3) is 0 Å². The average Bonchev–Trinajstić information content (AvgIpc) is 3.02. The Balaban J connectivity index is 1.97. The van der Waals surface area contributed by atoms with Crippen LogP contribution in [0.4, 0.5) is 0 Å². The lowest BCUT2D eigenvalue weighted by Crippen LogP contribution is -2.23. The Kier molecular flexibility index (Phi) is 3.04. The number of nitrogens with two attached hydrogens (primary N) is 1. The lowest BCUT2D eigenvalue weighted by atomic mass is 10.1. The quantitative estimate of drug-likeness (QED) is 0.873. The van der Waals surface area contributed by atoms with E-state index in [0.717, 1.165) is 23.6 Å². The zero-order valence-corrected chi connectivity index (χ0v) is 11.1. The third-order valence-corrected chi connectivity index (χ3v) is 4.56. The summed E-state index contributed by atoms with van der Waals surface area (Å²) in [6.45, 7) is 1.67. The molecule has 2 atom stereocenters. The molecule has 3 rings (SSSR count). The maximum atomic E-state index is 9.51. The van der Waals surface area contributed by atoms with Crippen molar-refractivity contribution in [2.45, 2.75) is 50.7 Å². The van der Waals surface area contributed by atoms with Gasteiger partial charge in [-0.25, -0.2) is 0 Å². The second kappa shape index (κ2) is 4.56. The van der Waals surface area contributed by atoms with Gasteiger partial charge in [-0.05, 0) is 19.8 Å². The summed E-state index contributed by atoms with van der Waals surface area (Å²) >= 11 is 1.41. The van der Waals surface area contributed by atoms with E-state index < -0.39 is 12.1 Å². The molecule has 0 aliphatic heterocycles. The van der Waals surface area contributed by atoms with E-state index in [1.165, 1.54) is 24.2 Å². The first kappa shape index (κ1) is 12.0. The van der Waals surface area contributed by atoms with Gasteiger partial charge in [-0.15, -0.1) is 10.2 Å². The summed E-state index contributed by atoms with van der Waals surface area (Å²) in [5.41, 5.74) is 5.90. The minimum atomic E-state index is -0.608. The highest BCUT2D eigenvalue weighted by Gasteiger charge is 2.25. The molecule has 2 aromatic heterocycles. The molecule has 0 spiro atoms. The van der Waals surface area contributed by atoms with Gasteiger partial charge in [0.05, 0.1) is 12.1 Å². The molecule has 0 saturated heterocycles. The van der Waals surface area contributed by atoms with E-state index >= 15 is 0 Å². The number of hydrogen-bond acceptors (Lipinski definition) is 6. The van der Waals surface area contributed by atoms with Crippen LogP contribution in [0.1, 0.15) is 55.4 Å². The van der Waals surface area contributed by atoms with Gasteiger partial charge in [0.1, 0.15) is 5.01 Å². The van der Waals surface area contributed by atoms with Crippen molar-refractivity contribution in [2.75, 3.05) is 0 Å². The van der Waals surface area contributed by atoms with Gasteiger partial charge < -0.3 is 10.8 Å². The maximum Gasteiger partial charge on any atom is 0.234 e. The lowest BCUT2D eigenvalue weighted by Gasteiger charge is -2.10. The molecule has 0 radical (unpaired) electrons. The number of rotatable bonds is 3. The van der Waals surface area contributed by atoms with E-state index in [2.05, 4.69) is 15.3 Å². The molecule has 0 aromatic carbocycles. The Morgan fingerprint density at radius 1 is 1.39 bits per heavy atom. The van der Waals surface area contributed by atoms with Crippen LogP contribution in [0.3, 0.4) is 0 Å². The average molecular weight is 267 g/mol. The molecule has 0 bridgehead atoms. The van der Waals surface area contributed by atoms with Crippen molar-refractivity contribution in [1.82, 2.24) is 19.8 Å². The van der Waals surface area contributed by atoms with Crippen molar-refractivity contribution < 1.29 is 5.11 Å². The maximum absolute atomic E-state index is 9.51. The number of aliphatic hydroxyl groups is 1. The molecule has 1 fully saturated rings. The molecule has 98 valence electrons. The van der Waals surface area contributed by atoms with Gasteiger partial charge in [-0.3, -0.25) is 0 Å². The van der Waals surface area contributed by atoms with Crippen LogP contribution in [0, 0.1) is 0 Å². The molecule has 0 amide bonds. The first-order chi connectivity index (χ1) is 8.66. The monoisotopic (exact) mass is 267 g/mol. The summed E-state index contributed by atoms with van der Waals surface area (Å²) in [5.74, 6) is 1.42. The largest absolute Gasteiger partial charge is 0.391 e. The highest BCUT2D eigenvalue weighted by molar-refractivity contribution is 7.16. The second-order valence-corrected chi connectivity index (χ2v) is 5.93. The van der Waals surface area contributed by atoms with Crippen molar-refractivity contribution in [3.05, 3.63) is 10.8 Å². The second-order valence-electron chi connectivity index (χ2n) is 4.94. The van der Waals surface area contributed by atoms with E-state index in [1.54, 1.807) is 11.4 Å². The van der Waals surface area contributed by atoms with Crippen molar-refractivity contribution >= 4 is 16.3 Å². The minimum absolute atomic E-state index is 0.451. The predicted octanol–water partition coefficient (Wildman–Crippen LogP) is 1.22. The Morgan fingerprint density at radius 2 is 2.11 bits per heavy atom. The molecule has 3 N–H and O–H groups in total. The Labute approximate surface area is 109 Å². The van der Waals surface area contributed by atoms with Gasteiger partial charge in [0, 0.05) is 5.92 Å². The summed E-state index contributed by atoms with van der Waals surface area (Å²) in [6, 6.07) is -0.451. The fourth-order valence-electron chi connectivity index (χ4n) is 2.43. The molecule has 1 saturated carbocycles. The number of fused-ring (bicyclic) bond motifs is 1. The predicted molar refractivity (Wildman–Crippen MR) is 68.5 cm³/mol. The van der Waals surface area contributed by atoms with Crippen LogP contribution >= 0.6 is 11.3 Å². The number of aromatic nitrogens is 4. The van der Waals surface area contributed by atoms with Crippen LogP contribution in [0.15, 0.2) is 0 Å². The summed E-state index contributed by atoms with van der Waals surface area (Å²) < 4.78 is 1.80. The van der Waals surface area contributed by atoms with Crippen LogP contribution in [-0.4, -0.2) is 31.0 Å². The summed E-state index contributed by atoms with van der Waals surface area (Å²) in [4.78, 5) is 0.767.